The molecule has 2 atom stereocenters. The van der Waals surface area contributed by atoms with E-state index in [1.165, 1.54) is 0 Å². The maximum atomic E-state index is 9.99. The number of aliphatic hydroxyl groups is 2. The first kappa shape index (κ1) is 11.5. The summed E-state index contributed by atoms with van der Waals surface area (Å²) in [6.07, 6.45) is 1.07. The van der Waals surface area contributed by atoms with E-state index in [2.05, 4.69) is 4.98 Å². The van der Waals surface area contributed by atoms with Crippen LogP contribution in [0.15, 0.2) is 36.7 Å². The lowest BCUT2D eigenvalue weighted by Gasteiger charge is -2.17. The quantitative estimate of drug-likeness (QED) is 0.835. The van der Waals surface area contributed by atoms with E-state index in [1.54, 1.807) is 24.5 Å². The second kappa shape index (κ2) is 4.91. The topological polar surface area (TPSA) is 77.1 Å². The summed E-state index contributed by atoms with van der Waals surface area (Å²) in [5.41, 5.74) is 0.596. The van der Waals surface area contributed by atoms with Crippen molar-refractivity contribution in [3.05, 3.63) is 42.2 Å². The Hall–Kier alpha value is -1.96. The van der Waals surface area contributed by atoms with Gasteiger partial charge in [0.15, 0.2) is 0 Å². The van der Waals surface area contributed by atoms with Gasteiger partial charge in [-0.1, -0.05) is 18.2 Å². The van der Waals surface area contributed by atoms with E-state index in [4.69, 9.17) is 5.26 Å². The van der Waals surface area contributed by atoms with E-state index >= 15 is 0 Å². The molecule has 0 radical (unpaired) electrons. The van der Waals surface area contributed by atoms with Crippen molar-refractivity contribution in [1.29, 1.82) is 5.26 Å². The van der Waals surface area contributed by atoms with Crippen molar-refractivity contribution in [3.63, 3.8) is 0 Å². The molecule has 2 rings (SSSR count). The van der Waals surface area contributed by atoms with Crippen LogP contribution in [0.4, 0.5) is 0 Å². The number of nitriles is 1. The first-order chi connectivity index (χ1) is 8.24. The molecule has 0 aliphatic carbocycles. The minimum absolute atomic E-state index is 0.0994. The zero-order valence-corrected chi connectivity index (χ0v) is 9.11. The molecule has 4 nitrogen and oxygen atoms in total. The Morgan fingerprint density at radius 1 is 1.29 bits per heavy atom. The molecule has 1 heterocycles. The lowest BCUT2D eigenvalue weighted by molar-refractivity contribution is 0.0225. The van der Waals surface area contributed by atoms with Gasteiger partial charge in [0.25, 0.3) is 0 Å². The van der Waals surface area contributed by atoms with Gasteiger partial charge in [0, 0.05) is 17.8 Å². The maximum Gasteiger partial charge on any atom is 0.107 e. The van der Waals surface area contributed by atoms with Crippen LogP contribution in [0.2, 0.25) is 0 Å². The summed E-state index contributed by atoms with van der Waals surface area (Å²) in [6.45, 7) is 0. The normalized spacial score (nSPS) is 14.2. The fourth-order valence-corrected chi connectivity index (χ4v) is 1.81. The number of benzene rings is 1. The van der Waals surface area contributed by atoms with Gasteiger partial charge in [0.05, 0.1) is 18.6 Å². The highest BCUT2D eigenvalue weighted by molar-refractivity contribution is 5.85. The molecule has 1 aromatic carbocycles. The molecule has 0 saturated carbocycles. The molecule has 0 bridgehead atoms. The van der Waals surface area contributed by atoms with E-state index < -0.39 is 12.2 Å². The number of aromatic nitrogens is 1. The Balaban J connectivity index is 2.45. The van der Waals surface area contributed by atoms with E-state index in [1.807, 2.05) is 18.2 Å². The molecule has 17 heavy (non-hydrogen) atoms. The number of nitrogens with zero attached hydrogens (tertiary/aromatic N) is 2. The number of fused-ring (bicyclic) bond motifs is 1. The molecule has 0 fully saturated rings. The average molecular weight is 228 g/mol. The van der Waals surface area contributed by atoms with Crippen LogP contribution < -0.4 is 0 Å². The molecule has 0 spiro atoms. The third-order valence-electron chi connectivity index (χ3n) is 2.70. The Morgan fingerprint density at radius 3 is 2.88 bits per heavy atom. The molecular formula is C13H12N2O2. The highest BCUT2D eigenvalue weighted by Gasteiger charge is 2.19. The van der Waals surface area contributed by atoms with E-state index in [-0.39, 0.29) is 6.42 Å². The van der Waals surface area contributed by atoms with Crippen LogP contribution in [0.1, 0.15) is 18.1 Å². The lowest BCUT2D eigenvalue weighted by Crippen LogP contribution is -2.17. The van der Waals surface area contributed by atoms with Crippen LogP contribution in [0, 0.1) is 11.3 Å². The average Bonchev–Trinajstić information content (AvgIpc) is 2.37. The third kappa shape index (κ3) is 2.26. The predicted octanol–water partition coefficient (Wildman–Crippen LogP) is 1.54. The van der Waals surface area contributed by atoms with Gasteiger partial charge in [0.1, 0.15) is 6.10 Å². The smallest absolute Gasteiger partial charge is 0.107 e. The third-order valence-corrected chi connectivity index (χ3v) is 2.70. The van der Waals surface area contributed by atoms with E-state index in [9.17, 15) is 10.2 Å². The van der Waals surface area contributed by atoms with Crippen LogP contribution in [0.25, 0.3) is 10.8 Å². The number of hydrogen-bond acceptors (Lipinski definition) is 4. The largest absolute Gasteiger partial charge is 0.389 e. The predicted molar refractivity (Wildman–Crippen MR) is 62.9 cm³/mol. The minimum Gasteiger partial charge on any atom is -0.389 e. The second-order valence-electron chi connectivity index (χ2n) is 3.82. The summed E-state index contributed by atoms with van der Waals surface area (Å²) in [5.74, 6) is 0. The van der Waals surface area contributed by atoms with Gasteiger partial charge in [-0.05, 0) is 17.0 Å². The van der Waals surface area contributed by atoms with Crippen LogP contribution in [-0.2, 0) is 0 Å². The van der Waals surface area contributed by atoms with Crippen molar-refractivity contribution < 1.29 is 10.2 Å². The van der Waals surface area contributed by atoms with Gasteiger partial charge in [-0.2, -0.15) is 5.26 Å². The first-order valence-electron chi connectivity index (χ1n) is 5.29. The Bertz CT molecular complexity index is 557. The van der Waals surface area contributed by atoms with Gasteiger partial charge in [-0.25, -0.2) is 0 Å². The van der Waals surface area contributed by atoms with Crippen molar-refractivity contribution in [3.8, 4) is 6.07 Å². The minimum atomic E-state index is -1.08. The SMILES string of the molecule is N#CCC(O)C(O)c1cccc2ccncc12. The molecule has 2 unspecified atom stereocenters. The molecule has 0 aliphatic rings. The number of pyridine rings is 1. The first-order valence-corrected chi connectivity index (χ1v) is 5.29. The Morgan fingerprint density at radius 2 is 2.12 bits per heavy atom. The van der Waals surface area contributed by atoms with Crippen LogP contribution in [0.5, 0.6) is 0 Å². The van der Waals surface area contributed by atoms with Crippen molar-refractivity contribution in [2.75, 3.05) is 0 Å². The molecule has 0 amide bonds. The van der Waals surface area contributed by atoms with E-state index in [0.29, 0.717) is 5.56 Å². The summed E-state index contributed by atoms with van der Waals surface area (Å²) >= 11 is 0. The number of hydrogen-bond donors (Lipinski definition) is 2. The monoisotopic (exact) mass is 228 g/mol. The van der Waals surface area contributed by atoms with Gasteiger partial charge in [-0.15, -0.1) is 0 Å². The second-order valence-corrected chi connectivity index (χ2v) is 3.82. The maximum absolute atomic E-state index is 9.99. The van der Waals surface area contributed by atoms with Gasteiger partial charge in [0.2, 0.25) is 0 Å². The lowest BCUT2D eigenvalue weighted by atomic mass is 9.97. The zero-order chi connectivity index (χ0) is 12.3. The van der Waals surface area contributed by atoms with E-state index in [0.717, 1.165) is 10.8 Å². The summed E-state index contributed by atoms with van der Waals surface area (Å²) in [7, 11) is 0. The number of aliphatic hydroxyl groups excluding tert-OH is 2. The van der Waals surface area contributed by atoms with Crippen molar-refractivity contribution >= 4 is 10.8 Å². The summed E-state index contributed by atoms with van der Waals surface area (Å²) < 4.78 is 0. The fraction of sp³-hybridized carbons (Fsp3) is 0.231. The Kier molecular flexibility index (Phi) is 3.33. The molecular weight excluding hydrogens is 216 g/mol. The molecule has 0 saturated heterocycles. The van der Waals surface area contributed by atoms with Gasteiger partial charge < -0.3 is 10.2 Å². The van der Waals surface area contributed by atoms with Crippen molar-refractivity contribution in [1.82, 2.24) is 4.98 Å². The summed E-state index contributed by atoms with van der Waals surface area (Å²) in [4.78, 5) is 4.00. The Labute approximate surface area is 98.8 Å². The zero-order valence-electron chi connectivity index (χ0n) is 9.11. The molecule has 2 N–H and O–H groups in total. The van der Waals surface area contributed by atoms with Crippen LogP contribution in [-0.4, -0.2) is 21.3 Å². The standard InChI is InChI=1S/C13H12N2O2/c14-6-4-12(16)13(17)10-3-1-2-9-5-7-15-8-11(9)10/h1-3,5,7-8,12-13,16-17H,4H2. The molecule has 4 heteroatoms. The molecule has 86 valence electrons. The highest BCUT2D eigenvalue weighted by atomic mass is 16.3. The molecule has 2 aromatic rings. The van der Waals surface area contributed by atoms with Crippen LogP contribution in [0.3, 0.4) is 0 Å². The summed E-state index contributed by atoms with van der Waals surface area (Å²) in [5, 5.41) is 29.9. The van der Waals surface area contributed by atoms with Gasteiger partial charge in [-0.3, -0.25) is 4.98 Å². The summed E-state index contributed by atoms with van der Waals surface area (Å²) in [6, 6.07) is 9.12. The van der Waals surface area contributed by atoms with Crippen molar-refractivity contribution in [2.45, 2.75) is 18.6 Å². The molecule has 1 aromatic heterocycles. The van der Waals surface area contributed by atoms with Crippen molar-refractivity contribution in [2.24, 2.45) is 0 Å². The fourth-order valence-electron chi connectivity index (χ4n) is 1.81. The number of rotatable bonds is 3. The highest BCUT2D eigenvalue weighted by Crippen LogP contribution is 2.26. The van der Waals surface area contributed by atoms with Crippen LogP contribution >= 0.6 is 0 Å². The molecule has 0 aliphatic heterocycles. The van der Waals surface area contributed by atoms with Gasteiger partial charge >= 0.3 is 0 Å².